The maximum absolute atomic E-state index is 12.4. The first-order chi connectivity index (χ1) is 12.3. The number of esters is 1. The number of hydrogen-bond acceptors (Lipinski definition) is 6. The standard InChI is InChI=1S/C20H29NO4S/c1-13(2)24-15-10-17(25-14(3)4)16-12-19(26-18(16)11-15)20(22)23-9-7-8-21(5)6/h10-14H,7-9H2,1-6H3. The second-order valence-corrected chi connectivity index (χ2v) is 8.15. The number of ether oxygens (including phenoxy) is 3. The minimum atomic E-state index is -0.285. The van der Waals surface area contributed by atoms with E-state index in [1.165, 1.54) is 11.3 Å². The zero-order chi connectivity index (χ0) is 19.3. The fourth-order valence-corrected chi connectivity index (χ4v) is 3.49. The van der Waals surface area contributed by atoms with Crippen molar-refractivity contribution in [3.05, 3.63) is 23.1 Å². The fraction of sp³-hybridized carbons (Fsp3) is 0.550. The Morgan fingerprint density at radius 1 is 1.08 bits per heavy atom. The summed E-state index contributed by atoms with van der Waals surface area (Å²) >= 11 is 1.41. The number of hydrogen-bond donors (Lipinski definition) is 0. The van der Waals surface area contributed by atoms with Gasteiger partial charge in [-0.2, -0.15) is 0 Å². The van der Waals surface area contributed by atoms with E-state index in [4.69, 9.17) is 14.2 Å². The fourth-order valence-electron chi connectivity index (χ4n) is 2.49. The topological polar surface area (TPSA) is 48.0 Å². The van der Waals surface area contributed by atoms with Gasteiger partial charge in [0, 0.05) is 22.7 Å². The molecule has 0 saturated heterocycles. The van der Waals surface area contributed by atoms with Crippen LogP contribution in [0.1, 0.15) is 43.8 Å². The molecular formula is C20H29NO4S. The lowest BCUT2D eigenvalue weighted by Crippen LogP contribution is -2.16. The predicted octanol–water partition coefficient (Wildman–Crippen LogP) is 4.58. The van der Waals surface area contributed by atoms with E-state index < -0.39 is 0 Å². The van der Waals surface area contributed by atoms with Crippen molar-refractivity contribution in [3.8, 4) is 11.5 Å². The highest BCUT2D eigenvalue weighted by molar-refractivity contribution is 7.20. The van der Waals surface area contributed by atoms with Crippen LogP contribution < -0.4 is 9.47 Å². The summed E-state index contributed by atoms with van der Waals surface area (Å²) < 4.78 is 18.1. The van der Waals surface area contributed by atoms with Crippen LogP contribution in [-0.4, -0.2) is 50.3 Å². The summed E-state index contributed by atoms with van der Waals surface area (Å²) in [5.74, 6) is 1.19. The number of rotatable bonds is 9. The van der Waals surface area contributed by atoms with Crippen molar-refractivity contribution in [3.63, 3.8) is 0 Å². The second-order valence-electron chi connectivity index (χ2n) is 7.07. The molecule has 26 heavy (non-hydrogen) atoms. The smallest absolute Gasteiger partial charge is 0.348 e. The number of fused-ring (bicyclic) bond motifs is 1. The molecule has 0 aliphatic carbocycles. The molecule has 2 rings (SSSR count). The van der Waals surface area contributed by atoms with Gasteiger partial charge in [0.25, 0.3) is 0 Å². The van der Waals surface area contributed by atoms with Gasteiger partial charge in [0.2, 0.25) is 0 Å². The molecule has 0 bridgehead atoms. The van der Waals surface area contributed by atoms with Gasteiger partial charge in [-0.1, -0.05) is 0 Å². The number of carbonyl (C=O) groups is 1. The SMILES string of the molecule is CC(C)Oc1cc(OC(C)C)c2cc(C(=O)OCCCN(C)C)sc2c1. The highest BCUT2D eigenvalue weighted by Crippen LogP contribution is 2.38. The van der Waals surface area contributed by atoms with Crippen molar-refractivity contribution >= 4 is 27.4 Å². The van der Waals surface area contributed by atoms with Crippen molar-refractivity contribution in [1.29, 1.82) is 0 Å². The molecule has 5 nitrogen and oxygen atoms in total. The van der Waals surface area contributed by atoms with Gasteiger partial charge < -0.3 is 19.1 Å². The first kappa shape index (κ1) is 20.5. The van der Waals surface area contributed by atoms with Crippen LogP contribution in [-0.2, 0) is 4.74 Å². The van der Waals surface area contributed by atoms with Crippen molar-refractivity contribution in [2.45, 2.75) is 46.3 Å². The van der Waals surface area contributed by atoms with E-state index in [1.54, 1.807) is 0 Å². The zero-order valence-electron chi connectivity index (χ0n) is 16.5. The largest absolute Gasteiger partial charge is 0.491 e. The van der Waals surface area contributed by atoms with E-state index in [0.717, 1.165) is 34.6 Å². The highest BCUT2D eigenvalue weighted by atomic mass is 32.1. The summed E-state index contributed by atoms with van der Waals surface area (Å²) in [6.07, 6.45) is 0.923. The molecule has 0 fully saturated rings. The average Bonchev–Trinajstić information content (AvgIpc) is 2.94. The highest BCUT2D eigenvalue weighted by Gasteiger charge is 2.17. The van der Waals surface area contributed by atoms with Crippen molar-refractivity contribution < 1.29 is 19.0 Å². The number of carbonyl (C=O) groups excluding carboxylic acids is 1. The van der Waals surface area contributed by atoms with Crippen molar-refractivity contribution in [2.75, 3.05) is 27.2 Å². The lowest BCUT2D eigenvalue weighted by atomic mass is 10.2. The third-order valence-electron chi connectivity index (χ3n) is 3.49. The summed E-state index contributed by atoms with van der Waals surface area (Å²) in [5.41, 5.74) is 0. The van der Waals surface area contributed by atoms with E-state index in [1.807, 2.05) is 60.0 Å². The predicted molar refractivity (Wildman–Crippen MR) is 107 cm³/mol. The van der Waals surface area contributed by atoms with Gasteiger partial charge in [0.05, 0.1) is 18.8 Å². The van der Waals surface area contributed by atoms with E-state index in [9.17, 15) is 4.79 Å². The molecule has 2 aromatic rings. The number of thiophene rings is 1. The van der Waals surface area contributed by atoms with Gasteiger partial charge in [0.1, 0.15) is 16.4 Å². The summed E-state index contributed by atoms with van der Waals surface area (Å²) in [5, 5.41) is 0.917. The lowest BCUT2D eigenvalue weighted by Gasteiger charge is -2.14. The number of benzene rings is 1. The molecule has 0 amide bonds. The van der Waals surface area contributed by atoms with Gasteiger partial charge in [-0.15, -0.1) is 11.3 Å². The first-order valence-corrected chi connectivity index (χ1v) is 9.80. The van der Waals surface area contributed by atoms with Crippen LogP contribution in [0.4, 0.5) is 0 Å². The minimum absolute atomic E-state index is 0.0360. The Bertz CT molecular complexity index is 737. The third kappa shape index (κ3) is 5.88. The van der Waals surface area contributed by atoms with Gasteiger partial charge in [-0.05, 0) is 60.3 Å². The molecule has 0 aliphatic rings. The van der Waals surface area contributed by atoms with E-state index in [2.05, 4.69) is 4.90 Å². The maximum atomic E-state index is 12.4. The van der Waals surface area contributed by atoms with Crippen molar-refractivity contribution in [1.82, 2.24) is 4.90 Å². The first-order valence-electron chi connectivity index (χ1n) is 8.99. The summed E-state index contributed by atoms with van der Waals surface area (Å²) in [7, 11) is 4.00. The monoisotopic (exact) mass is 379 g/mol. The quantitative estimate of drug-likeness (QED) is 0.471. The molecule has 144 valence electrons. The molecular weight excluding hydrogens is 350 g/mol. The molecule has 0 N–H and O–H groups in total. The molecule has 0 spiro atoms. The second kappa shape index (κ2) is 9.24. The van der Waals surface area contributed by atoms with Gasteiger partial charge in [-0.25, -0.2) is 4.79 Å². The molecule has 6 heteroatoms. The minimum Gasteiger partial charge on any atom is -0.491 e. The van der Waals surface area contributed by atoms with E-state index in [-0.39, 0.29) is 18.2 Å². The number of nitrogens with zero attached hydrogens (tertiary/aromatic N) is 1. The molecule has 0 saturated carbocycles. The van der Waals surface area contributed by atoms with Crippen molar-refractivity contribution in [2.24, 2.45) is 0 Å². The lowest BCUT2D eigenvalue weighted by molar-refractivity contribution is 0.0499. The van der Waals surface area contributed by atoms with Crippen LogP contribution >= 0.6 is 11.3 Å². The summed E-state index contributed by atoms with van der Waals surface area (Å²) in [6.45, 7) is 9.24. The van der Waals surface area contributed by atoms with E-state index >= 15 is 0 Å². The van der Waals surface area contributed by atoms with Crippen LogP contribution in [0.2, 0.25) is 0 Å². The van der Waals surface area contributed by atoms with Gasteiger partial charge in [-0.3, -0.25) is 0 Å². The molecule has 0 aliphatic heterocycles. The zero-order valence-corrected chi connectivity index (χ0v) is 17.3. The maximum Gasteiger partial charge on any atom is 0.348 e. The molecule has 1 aromatic carbocycles. The van der Waals surface area contributed by atoms with Crippen LogP contribution in [0, 0.1) is 0 Å². The Hall–Kier alpha value is -1.79. The molecule has 0 atom stereocenters. The average molecular weight is 380 g/mol. The Balaban J connectivity index is 2.22. The summed E-state index contributed by atoms with van der Waals surface area (Å²) in [4.78, 5) is 15.0. The Kier molecular flexibility index (Phi) is 7.29. The van der Waals surface area contributed by atoms with E-state index in [0.29, 0.717) is 11.5 Å². The summed E-state index contributed by atoms with van der Waals surface area (Å²) in [6, 6.07) is 5.70. The van der Waals surface area contributed by atoms with Crippen LogP contribution in [0.15, 0.2) is 18.2 Å². The molecule has 0 unspecified atom stereocenters. The Morgan fingerprint density at radius 3 is 2.38 bits per heavy atom. The molecule has 1 heterocycles. The normalized spacial score (nSPS) is 11.6. The Morgan fingerprint density at radius 2 is 1.77 bits per heavy atom. The molecule has 0 radical (unpaired) electrons. The van der Waals surface area contributed by atoms with Gasteiger partial charge in [0.15, 0.2) is 0 Å². The third-order valence-corrected chi connectivity index (χ3v) is 4.55. The van der Waals surface area contributed by atoms with Crippen LogP contribution in [0.5, 0.6) is 11.5 Å². The molecule has 1 aromatic heterocycles. The van der Waals surface area contributed by atoms with Crippen LogP contribution in [0.25, 0.3) is 10.1 Å². The van der Waals surface area contributed by atoms with Gasteiger partial charge >= 0.3 is 5.97 Å². The Labute approximate surface area is 159 Å². The van der Waals surface area contributed by atoms with Crippen LogP contribution in [0.3, 0.4) is 0 Å².